The van der Waals surface area contributed by atoms with E-state index in [2.05, 4.69) is 30.6 Å². The molecule has 96 valence electrons. The van der Waals surface area contributed by atoms with Gasteiger partial charge in [0.25, 0.3) is 0 Å². The molecule has 16 heavy (non-hydrogen) atoms. The van der Waals surface area contributed by atoms with E-state index in [-0.39, 0.29) is 0 Å². The summed E-state index contributed by atoms with van der Waals surface area (Å²) in [5.41, 5.74) is 5.95. The van der Waals surface area contributed by atoms with Gasteiger partial charge in [0.1, 0.15) is 0 Å². The maximum Gasteiger partial charge on any atom is 0.0110 e. The molecular weight excluding hydrogens is 198 g/mol. The molecule has 1 saturated heterocycles. The number of nitrogens with zero attached hydrogens (tertiary/aromatic N) is 2. The minimum absolute atomic E-state index is 0.397. The third kappa shape index (κ3) is 5.28. The first-order chi connectivity index (χ1) is 7.61. The minimum Gasteiger partial charge on any atom is -0.328 e. The Morgan fingerprint density at radius 3 is 2.12 bits per heavy atom. The largest absolute Gasteiger partial charge is 0.328 e. The summed E-state index contributed by atoms with van der Waals surface area (Å²) in [7, 11) is 0. The Morgan fingerprint density at radius 1 is 1.06 bits per heavy atom. The van der Waals surface area contributed by atoms with Crippen LogP contribution in [-0.4, -0.2) is 55.1 Å². The first kappa shape index (κ1) is 13.9. The number of nitrogens with two attached hydrogens (primary N) is 1. The first-order valence-corrected chi connectivity index (χ1v) is 6.82. The normalized spacial score (nSPS) is 21.6. The maximum atomic E-state index is 5.95. The standard InChI is InChI=1S/C13H29N3/c1-4-13(14)5-6-15-7-9-16(10-8-15)11-12(2)3/h12-13H,4-11,14H2,1-3H3. The summed E-state index contributed by atoms with van der Waals surface area (Å²) >= 11 is 0. The van der Waals surface area contributed by atoms with Gasteiger partial charge >= 0.3 is 0 Å². The fraction of sp³-hybridized carbons (Fsp3) is 1.00. The minimum atomic E-state index is 0.397. The van der Waals surface area contributed by atoms with Gasteiger partial charge in [-0.15, -0.1) is 0 Å². The Labute approximate surface area is 101 Å². The average molecular weight is 227 g/mol. The predicted octanol–water partition coefficient (Wildman–Crippen LogP) is 1.39. The molecule has 0 aliphatic carbocycles. The second-order valence-corrected chi connectivity index (χ2v) is 5.49. The molecule has 0 aromatic heterocycles. The zero-order valence-electron chi connectivity index (χ0n) is 11.3. The smallest absolute Gasteiger partial charge is 0.0110 e. The van der Waals surface area contributed by atoms with Gasteiger partial charge in [-0.25, -0.2) is 0 Å². The van der Waals surface area contributed by atoms with Crippen LogP contribution >= 0.6 is 0 Å². The first-order valence-electron chi connectivity index (χ1n) is 6.82. The lowest BCUT2D eigenvalue weighted by Gasteiger charge is -2.35. The Balaban J connectivity index is 2.12. The van der Waals surface area contributed by atoms with Gasteiger partial charge < -0.3 is 15.5 Å². The van der Waals surface area contributed by atoms with E-state index < -0.39 is 0 Å². The molecule has 0 aromatic carbocycles. The zero-order chi connectivity index (χ0) is 12.0. The molecule has 3 heteroatoms. The van der Waals surface area contributed by atoms with E-state index in [1.807, 2.05) is 0 Å². The van der Waals surface area contributed by atoms with E-state index in [0.717, 1.165) is 18.8 Å². The quantitative estimate of drug-likeness (QED) is 0.744. The van der Waals surface area contributed by atoms with E-state index in [1.165, 1.54) is 39.3 Å². The van der Waals surface area contributed by atoms with Crippen molar-refractivity contribution in [3.63, 3.8) is 0 Å². The molecule has 2 N–H and O–H groups in total. The topological polar surface area (TPSA) is 32.5 Å². The lowest BCUT2D eigenvalue weighted by Crippen LogP contribution is -2.48. The summed E-state index contributed by atoms with van der Waals surface area (Å²) in [5, 5.41) is 0. The van der Waals surface area contributed by atoms with Gasteiger partial charge in [0, 0.05) is 38.8 Å². The van der Waals surface area contributed by atoms with Gasteiger partial charge in [-0.3, -0.25) is 0 Å². The van der Waals surface area contributed by atoms with Crippen molar-refractivity contribution in [3.8, 4) is 0 Å². The van der Waals surface area contributed by atoms with Crippen molar-refractivity contribution in [3.05, 3.63) is 0 Å². The fourth-order valence-electron chi connectivity index (χ4n) is 2.26. The van der Waals surface area contributed by atoms with Crippen LogP contribution in [-0.2, 0) is 0 Å². The number of hydrogen-bond donors (Lipinski definition) is 1. The second kappa shape index (κ2) is 7.25. The summed E-state index contributed by atoms with van der Waals surface area (Å²) in [6, 6.07) is 0.397. The lowest BCUT2D eigenvalue weighted by atomic mass is 10.1. The summed E-state index contributed by atoms with van der Waals surface area (Å²) in [4.78, 5) is 5.15. The van der Waals surface area contributed by atoms with Gasteiger partial charge in [-0.2, -0.15) is 0 Å². The Kier molecular flexibility index (Phi) is 6.32. The van der Waals surface area contributed by atoms with Crippen molar-refractivity contribution in [2.24, 2.45) is 11.7 Å². The molecule has 0 aromatic rings. The molecule has 3 nitrogen and oxygen atoms in total. The highest BCUT2D eigenvalue weighted by molar-refractivity contribution is 4.73. The fourth-order valence-corrected chi connectivity index (χ4v) is 2.26. The summed E-state index contributed by atoms with van der Waals surface area (Å²) < 4.78 is 0. The third-order valence-corrected chi connectivity index (χ3v) is 3.43. The highest BCUT2D eigenvalue weighted by Gasteiger charge is 2.17. The molecular formula is C13H29N3. The molecule has 0 amide bonds. The maximum absolute atomic E-state index is 5.95. The SMILES string of the molecule is CCC(N)CCN1CCN(CC(C)C)CC1. The molecule has 1 aliphatic rings. The molecule has 1 aliphatic heterocycles. The average Bonchev–Trinajstić information content (AvgIpc) is 2.27. The summed E-state index contributed by atoms with van der Waals surface area (Å²) in [6.45, 7) is 14.1. The van der Waals surface area contributed by atoms with Gasteiger partial charge in [0.2, 0.25) is 0 Å². The van der Waals surface area contributed by atoms with E-state index in [4.69, 9.17) is 5.73 Å². The molecule has 1 rings (SSSR count). The van der Waals surface area contributed by atoms with Crippen LogP contribution in [0.1, 0.15) is 33.6 Å². The molecule has 1 unspecified atom stereocenters. The van der Waals surface area contributed by atoms with Crippen LogP contribution in [0.3, 0.4) is 0 Å². The second-order valence-electron chi connectivity index (χ2n) is 5.49. The van der Waals surface area contributed by atoms with Gasteiger partial charge in [-0.05, 0) is 25.3 Å². The van der Waals surface area contributed by atoms with Gasteiger partial charge in [-0.1, -0.05) is 20.8 Å². The number of piperazine rings is 1. The van der Waals surface area contributed by atoms with Crippen LogP contribution in [0, 0.1) is 5.92 Å². The monoisotopic (exact) mass is 227 g/mol. The third-order valence-electron chi connectivity index (χ3n) is 3.43. The van der Waals surface area contributed by atoms with Gasteiger partial charge in [0.15, 0.2) is 0 Å². The van der Waals surface area contributed by atoms with E-state index >= 15 is 0 Å². The molecule has 0 spiro atoms. The molecule has 0 radical (unpaired) electrons. The van der Waals surface area contributed by atoms with Crippen molar-refractivity contribution >= 4 is 0 Å². The number of rotatable bonds is 6. The molecule has 0 bridgehead atoms. The predicted molar refractivity (Wildman–Crippen MR) is 70.6 cm³/mol. The Morgan fingerprint density at radius 2 is 1.62 bits per heavy atom. The van der Waals surface area contributed by atoms with E-state index in [0.29, 0.717) is 6.04 Å². The summed E-state index contributed by atoms with van der Waals surface area (Å²) in [5.74, 6) is 0.792. The molecule has 1 atom stereocenters. The lowest BCUT2D eigenvalue weighted by molar-refractivity contribution is 0.120. The van der Waals surface area contributed by atoms with Crippen molar-refractivity contribution in [2.75, 3.05) is 39.3 Å². The number of hydrogen-bond acceptors (Lipinski definition) is 3. The highest BCUT2D eigenvalue weighted by Crippen LogP contribution is 2.06. The van der Waals surface area contributed by atoms with Crippen LogP contribution in [0.15, 0.2) is 0 Å². The molecule has 1 fully saturated rings. The van der Waals surface area contributed by atoms with Crippen LogP contribution in [0.25, 0.3) is 0 Å². The van der Waals surface area contributed by atoms with Crippen molar-refractivity contribution in [2.45, 2.75) is 39.7 Å². The van der Waals surface area contributed by atoms with Crippen LogP contribution in [0.4, 0.5) is 0 Å². The van der Waals surface area contributed by atoms with Crippen molar-refractivity contribution in [1.82, 2.24) is 9.80 Å². The van der Waals surface area contributed by atoms with Crippen molar-refractivity contribution in [1.29, 1.82) is 0 Å². The van der Waals surface area contributed by atoms with Crippen molar-refractivity contribution < 1.29 is 0 Å². The molecule has 0 saturated carbocycles. The summed E-state index contributed by atoms with van der Waals surface area (Å²) in [6.07, 6.45) is 2.26. The van der Waals surface area contributed by atoms with Crippen LogP contribution in [0.5, 0.6) is 0 Å². The Hall–Kier alpha value is -0.120. The van der Waals surface area contributed by atoms with Gasteiger partial charge in [0.05, 0.1) is 0 Å². The highest BCUT2D eigenvalue weighted by atomic mass is 15.3. The van der Waals surface area contributed by atoms with E-state index in [1.54, 1.807) is 0 Å². The molecule has 1 heterocycles. The van der Waals surface area contributed by atoms with Crippen LogP contribution < -0.4 is 5.73 Å². The van der Waals surface area contributed by atoms with Crippen LogP contribution in [0.2, 0.25) is 0 Å². The zero-order valence-corrected chi connectivity index (χ0v) is 11.3. The Bertz CT molecular complexity index is 174. The van der Waals surface area contributed by atoms with E-state index in [9.17, 15) is 0 Å².